The zero-order valence-electron chi connectivity index (χ0n) is 25.1. The predicted octanol–water partition coefficient (Wildman–Crippen LogP) is 3.70. The number of hydrogen-bond donors (Lipinski definition) is 2. The fourth-order valence-corrected chi connectivity index (χ4v) is 5.24. The van der Waals surface area contributed by atoms with Crippen LogP contribution in [0.5, 0.6) is 0 Å². The molecule has 0 aliphatic carbocycles. The molecule has 0 unspecified atom stereocenters. The van der Waals surface area contributed by atoms with E-state index in [-0.39, 0.29) is 36.2 Å². The number of unbranched alkanes of at least 4 members (excludes halogenated alkanes) is 2. The summed E-state index contributed by atoms with van der Waals surface area (Å²) < 4.78 is 5.39. The molecule has 11 nitrogen and oxygen atoms in total. The molecule has 40 heavy (non-hydrogen) atoms. The van der Waals surface area contributed by atoms with Gasteiger partial charge in [-0.15, -0.1) is 0 Å². The summed E-state index contributed by atoms with van der Waals surface area (Å²) in [5.74, 6) is 0.425. The lowest BCUT2D eigenvalue weighted by atomic mass is 9.91. The summed E-state index contributed by atoms with van der Waals surface area (Å²) in [4.78, 5) is 53.9. The second kappa shape index (κ2) is 14.1. The summed E-state index contributed by atoms with van der Waals surface area (Å²) in [5, 5.41) is 13.3. The van der Waals surface area contributed by atoms with Gasteiger partial charge in [-0.3, -0.25) is 9.59 Å². The first-order valence-corrected chi connectivity index (χ1v) is 14.7. The third kappa shape index (κ3) is 8.28. The third-order valence-corrected chi connectivity index (χ3v) is 7.40. The van der Waals surface area contributed by atoms with Crippen LogP contribution in [-0.4, -0.2) is 106 Å². The van der Waals surface area contributed by atoms with E-state index in [1.54, 1.807) is 16.0 Å². The van der Waals surface area contributed by atoms with Crippen molar-refractivity contribution >= 4 is 23.7 Å². The summed E-state index contributed by atoms with van der Waals surface area (Å²) in [6, 6.07) is -0.454. The minimum Gasteiger partial charge on any atom is -0.465 e. The SMILES string of the molecule is CCCCCNc1nc(C(C)(C)C)ncc1C(=O)N(CC(C)C)[C@H]1C[C@@H](C(=O)N2CCOCC2)CN(C(=O)O)C1. The lowest BCUT2D eigenvalue weighted by molar-refractivity contribution is -0.142. The van der Waals surface area contributed by atoms with Gasteiger partial charge >= 0.3 is 6.09 Å². The van der Waals surface area contributed by atoms with Gasteiger partial charge in [0.25, 0.3) is 5.91 Å². The van der Waals surface area contributed by atoms with Gasteiger partial charge in [0.2, 0.25) is 5.91 Å². The maximum atomic E-state index is 14.2. The topological polar surface area (TPSA) is 128 Å². The monoisotopic (exact) mass is 560 g/mol. The minimum absolute atomic E-state index is 0.0765. The number of carbonyl (C=O) groups is 3. The molecule has 0 bridgehead atoms. The quantitative estimate of drug-likeness (QED) is 0.415. The van der Waals surface area contributed by atoms with E-state index in [1.807, 2.05) is 34.6 Å². The van der Waals surface area contributed by atoms with Gasteiger partial charge in [-0.1, -0.05) is 54.4 Å². The van der Waals surface area contributed by atoms with Gasteiger partial charge in [-0.2, -0.15) is 0 Å². The molecule has 224 valence electrons. The van der Waals surface area contributed by atoms with Crippen LogP contribution in [-0.2, 0) is 14.9 Å². The van der Waals surface area contributed by atoms with E-state index in [0.29, 0.717) is 63.0 Å². The van der Waals surface area contributed by atoms with E-state index in [4.69, 9.17) is 9.72 Å². The Labute approximate surface area is 238 Å². The third-order valence-electron chi connectivity index (χ3n) is 7.40. The highest BCUT2D eigenvalue weighted by atomic mass is 16.5. The first kappa shape index (κ1) is 31.6. The van der Waals surface area contributed by atoms with Gasteiger partial charge in [0.05, 0.1) is 25.2 Å². The van der Waals surface area contributed by atoms with Crippen LogP contribution in [0.25, 0.3) is 0 Å². The molecule has 11 heteroatoms. The molecule has 2 N–H and O–H groups in total. The molecule has 3 amide bonds. The Balaban J connectivity index is 1.94. The number of carbonyl (C=O) groups excluding carboxylic acids is 2. The predicted molar refractivity (Wildman–Crippen MR) is 154 cm³/mol. The largest absolute Gasteiger partial charge is 0.465 e. The van der Waals surface area contributed by atoms with Crippen molar-refractivity contribution in [2.75, 3.05) is 57.8 Å². The zero-order valence-corrected chi connectivity index (χ0v) is 25.1. The van der Waals surface area contributed by atoms with Gasteiger partial charge in [0, 0.05) is 50.9 Å². The number of likely N-dealkylation sites (tertiary alicyclic amines) is 1. The highest BCUT2D eigenvalue weighted by molar-refractivity contribution is 5.98. The lowest BCUT2D eigenvalue weighted by Crippen LogP contribution is -2.58. The molecule has 1 aromatic rings. The molecular formula is C29H48N6O5. The van der Waals surface area contributed by atoms with Crippen molar-refractivity contribution in [3.8, 4) is 0 Å². The van der Waals surface area contributed by atoms with Crippen molar-refractivity contribution in [3.05, 3.63) is 17.6 Å². The Morgan fingerprint density at radius 3 is 2.45 bits per heavy atom. The Bertz CT molecular complexity index is 1020. The number of rotatable bonds is 10. The van der Waals surface area contributed by atoms with E-state index in [1.165, 1.54) is 4.90 Å². The van der Waals surface area contributed by atoms with Crippen LogP contribution < -0.4 is 5.32 Å². The van der Waals surface area contributed by atoms with E-state index in [2.05, 4.69) is 17.2 Å². The number of aromatic nitrogens is 2. The van der Waals surface area contributed by atoms with E-state index < -0.39 is 18.1 Å². The highest BCUT2D eigenvalue weighted by Gasteiger charge is 2.40. The molecule has 0 radical (unpaired) electrons. The highest BCUT2D eigenvalue weighted by Crippen LogP contribution is 2.28. The average molecular weight is 561 g/mol. The zero-order chi connectivity index (χ0) is 29.4. The van der Waals surface area contributed by atoms with Gasteiger partial charge < -0.3 is 29.9 Å². The van der Waals surface area contributed by atoms with Crippen molar-refractivity contribution in [2.45, 2.75) is 78.7 Å². The standard InChI is InChI=1S/C29H48N6O5/c1-7-8-9-10-30-24-23(16-31-27(32-24)29(4,5)6)26(37)35(17-20(2)3)22-15-21(18-34(19-22)28(38)39)25(36)33-11-13-40-14-12-33/h16,20-22H,7-15,17-19H2,1-6H3,(H,38,39)(H,30,31,32)/t21-,22+/m1/s1. The summed E-state index contributed by atoms with van der Waals surface area (Å²) >= 11 is 0. The molecule has 1 aromatic heterocycles. The number of ether oxygens (including phenoxy) is 1. The van der Waals surface area contributed by atoms with Gasteiger partial charge in [-0.25, -0.2) is 14.8 Å². The molecule has 0 saturated carbocycles. The van der Waals surface area contributed by atoms with Crippen LogP contribution in [0.4, 0.5) is 10.6 Å². The van der Waals surface area contributed by atoms with Crippen LogP contribution in [0.15, 0.2) is 6.20 Å². The Hall–Kier alpha value is -2.95. The number of anilines is 1. The first-order valence-electron chi connectivity index (χ1n) is 14.7. The summed E-state index contributed by atoms with van der Waals surface area (Å²) in [7, 11) is 0. The Morgan fingerprint density at radius 1 is 1.15 bits per heavy atom. The smallest absolute Gasteiger partial charge is 0.407 e. The van der Waals surface area contributed by atoms with E-state index in [9.17, 15) is 19.5 Å². The normalized spacial score (nSPS) is 20.0. The molecule has 2 fully saturated rings. The molecule has 3 heterocycles. The van der Waals surface area contributed by atoms with Crippen molar-refractivity contribution in [1.29, 1.82) is 0 Å². The average Bonchev–Trinajstić information content (AvgIpc) is 2.92. The number of nitrogens with one attached hydrogen (secondary N) is 1. The number of piperidine rings is 1. The Kier molecular flexibility index (Phi) is 11.1. The van der Waals surface area contributed by atoms with Crippen LogP contribution in [0.2, 0.25) is 0 Å². The second-order valence-corrected chi connectivity index (χ2v) is 12.4. The van der Waals surface area contributed by atoms with Gasteiger partial charge in [0.15, 0.2) is 0 Å². The molecule has 0 spiro atoms. The van der Waals surface area contributed by atoms with Crippen molar-refractivity contribution in [2.24, 2.45) is 11.8 Å². The first-order chi connectivity index (χ1) is 18.9. The Morgan fingerprint density at radius 2 is 1.85 bits per heavy atom. The van der Waals surface area contributed by atoms with E-state index in [0.717, 1.165) is 19.3 Å². The molecular weight excluding hydrogens is 512 g/mol. The van der Waals surface area contributed by atoms with Crippen LogP contribution in [0, 0.1) is 11.8 Å². The summed E-state index contributed by atoms with van der Waals surface area (Å²) in [5.41, 5.74) is 0.0750. The van der Waals surface area contributed by atoms with Crippen LogP contribution >= 0.6 is 0 Å². The van der Waals surface area contributed by atoms with E-state index >= 15 is 0 Å². The molecule has 2 saturated heterocycles. The van der Waals surface area contributed by atoms with Crippen molar-refractivity contribution in [1.82, 2.24) is 24.7 Å². The molecule has 3 rings (SSSR count). The summed E-state index contributed by atoms with van der Waals surface area (Å²) in [6.45, 7) is 15.6. The second-order valence-electron chi connectivity index (χ2n) is 12.4. The van der Waals surface area contributed by atoms with Crippen LogP contribution in [0.3, 0.4) is 0 Å². The number of amides is 3. The fraction of sp³-hybridized carbons (Fsp3) is 0.759. The number of morpholine rings is 1. The van der Waals surface area contributed by atoms with Crippen molar-refractivity contribution in [3.63, 3.8) is 0 Å². The molecule has 2 aliphatic rings. The molecule has 2 atom stereocenters. The fourth-order valence-electron chi connectivity index (χ4n) is 5.24. The number of carboxylic acid groups (broad SMARTS) is 1. The van der Waals surface area contributed by atoms with Crippen LogP contribution in [0.1, 0.15) is 83.4 Å². The maximum Gasteiger partial charge on any atom is 0.407 e. The number of nitrogens with zero attached hydrogens (tertiary/aromatic N) is 5. The minimum atomic E-state index is -1.09. The molecule has 0 aromatic carbocycles. The lowest BCUT2D eigenvalue weighted by Gasteiger charge is -2.43. The van der Waals surface area contributed by atoms with Gasteiger partial charge in [0.1, 0.15) is 17.2 Å². The maximum absolute atomic E-state index is 14.2. The van der Waals surface area contributed by atoms with Crippen molar-refractivity contribution < 1.29 is 24.2 Å². The molecule has 2 aliphatic heterocycles. The van der Waals surface area contributed by atoms with Gasteiger partial charge in [-0.05, 0) is 18.8 Å². The number of hydrogen-bond acceptors (Lipinski definition) is 7. The summed E-state index contributed by atoms with van der Waals surface area (Å²) in [6.07, 6.45) is 4.02.